The minimum absolute atomic E-state index is 0.0146. The van der Waals surface area contributed by atoms with Crippen molar-refractivity contribution in [2.24, 2.45) is 0 Å². The molecule has 0 aliphatic rings. The van der Waals surface area contributed by atoms with Gasteiger partial charge in [-0.2, -0.15) is 0 Å². The summed E-state index contributed by atoms with van der Waals surface area (Å²) < 4.78 is 5.24. The van der Waals surface area contributed by atoms with Gasteiger partial charge in [-0.1, -0.05) is 12.1 Å². The Morgan fingerprint density at radius 2 is 1.70 bits per heavy atom. The minimum atomic E-state index is -0.338. The number of para-hydroxylation sites is 2. The van der Waals surface area contributed by atoms with Gasteiger partial charge in [-0.3, -0.25) is 14.6 Å². The first kappa shape index (κ1) is 18.1. The molecule has 6 nitrogen and oxygen atoms in total. The largest absolute Gasteiger partial charge is 0.495 e. The summed E-state index contributed by atoms with van der Waals surface area (Å²) in [5.74, 6) is 0.251. The van der Waals surface area contributed by atoms with Gasteiger partial charge in [0.2, 0.25) is 0 Å². The highest BCUT2D eigenvalue weighted by Crippen LogP contribution is 2.24. The van der Waals surface area contributed by atoms with Crippen LogP contribution in [-0.4, -0.2) is 23.8 Å². The van der Waals surface area contributed by atoms with Crippen LogP contribution in [0.4, 0.5) is 17.1 Å². The molecule has 0 aliphatic carbocycles. The molecule has 0 saturated heterocycles. The first-order valence-electron chi connectivity index (χ1n) is 8.35. The number of ketones is 1. The van der Waals surface area contributed by atoms with E-state index in [1.165, 1.54) is 6.92 Å². The van der Waals surface area contributed by atoms with Gasteiger partial charge in [0, 0.05) is 23.1 Å². The topological polar surface area (TPSA) is 80.3 Å². The van der Waals surface area contributed by atoms with Gasteiger partial charge in [0.25, 0.3) is 5.91 Å². The molecule has 1 aromatic heterocycles. The Kier molecular flexibility index (Phi) is 5.47. The van der Waals surface area contributed by atoms with Crippen molar-refractivity contribution in [1.29, 1.82) is 0 Å². The Hall–Kier alpha value is -3.67. The van der Waals surface area contributed by atoms with Crippen molar-refractivity contribution >= 4 is 28.8 Å². The van der Waals surface area contributed by atoms with Gasteiger partial charge in [0.1, 0.15) is 11.4 Å². The van der Waals surface area contributed by atoms with Crippen LogP contribution >= 0.6 is 0 Å². The number of amides is 1. The molecule has 1 heterocycles. The van der Waals surface area contributed by atoms with E-state index < -0.39 is 0 Å². The predicted molar refractivity (Wildman–Crippen MR) is 105 cm³/mol. The zero-order valence-electron chi connectivity index (χ0n) is 15.0. The van der Waals surface area contributed by atoms with E-state index in [9.17, 15) is 9.59 Å². The van der Waals surface area contributed by atoms with Crippen LogP contribution in [0.1, 0.15) is 27.8 Å². The van der Waals surface area contributed by atoms with Crippen LogP contribution in [0.3, 0.4) is 0 Å². The molecule has 136 valence electrons. The maximum Gasteiger partial charge on any atom is 0.274 e. The lowest BCUT2D eigenvalue weighted by atomic mass is 10.1. The van der Waals surface area contributed by atoms with Crippen molar-refractivity contribution in [2.75, 3.05) is 17.7 Å². The molecule has 2 aromatic carbocycles. The van der Waals surface area contributed by atoms with Gasteiger partial charge in [-0.25, -0.2) is 0 Å². The van der Waals surface area contributed by atoms with E-state index in [0.717, 1.165) is 5.69 Å². The molecule has 0 fully saturated rings. The molecule has 2 N–H and O–H groups in total. The van der Waals surface area contributed by atoms with Crippen LogP contribution in [0.2, 0.25) is 0 Å². The predicted octanol–water partition coefficient (Wildman–Crippen LogP) is 4.29. The lowest BCUT2D eigenvalue weighted by Crippen LogP contribution is -2.14. The molecule has 3 aromatic rings. The van der Waals surface area contributed by atoms with E-state index in [2.05, 4.69) is 15.6 Å². The smallest absolute Gasteiger partial charge is 0.274 e. The van der Waals surface area contributed by atoms with Crippen molar-refractivity contribution in [3.05, 3.63) is 78.1 Å². The number of Topliss-reactive ketones (excluding diaryl/α,β-unsaturated/α-hetero) is 1. The molecule has 0 bridgehead atoms. The molecular weight excluding hydrogens is 342 g/mol. The number of aromatic nitrogens is 1. The van der Waals surface area contributed by atoms with Crippen LogP contribution < -0.4 is 15.4 Å². The first-order valence-corrected chi connectivity index (χ1v) is 8.35. The van der Waals surface area contributed by atoms with Crippen molar-refractivity contribution in [3.8, 4) is 5.75 Å². The number of hydrogen-bond donors (Lipinski definition) is 2. The molecule has 0 unspecified atom stereocenters. The highest BCUT2D eigenvalue weighted by Gasteiger charge is 2.11. The summed E-state index contributed by atoms with van der Waals surface area (Å²) in [4.78, 5) is 28.0. The van der Waals surface area contributed by atoms with Crippen LogP contribution in [0, 0.1) is 0 Å². The average Bonchev–Trinajstić information content (AvgIpc) is 2.69. The molecule has 6 heteroatoms. The Bertz CT molecular complexity index is 968. The molecule has 1 amide bonds. The van der Waals surface area contributed by atoms with E-state index in [1.807, 2.05) is 24.3 Å². The molecular formula is C21H19N3O3. The third-order valence-electron chi connectivity index (χ3n) is 3.93. The number of pyridine rings is 1. The fourth-order valence-electron chi connectivity index (χ4n) is 2.52. The number of carbonyl (C=O) groups is 2. The minimum Gasteiger partial charge on any atom is -0.495 e. The SMILES string of the molecule is COc1ccccc1NC(=O)c1cc(Nc2ccc(C(C)=O)cc2)ccn1. The van der Waals surface area contributed by atoms with Crippen molar-refractivity contribution in [2.45, 2.75) is 6.92 Å². The standard InChI is InChI=1S/C21H19N3O3/c1-14(25)15-7-9-16(10-8-15)23-17-11-12-22-19(13-17)21(26)24-18-5-3-4-6-20(18)27-2/h3-13H,1-2H3,(H,22,23)(H,24,26). The fourth-order valence-corrected chi connectivity index (χ4v) is 2.52. The highest BCUT2D eigenvalue weighted by molar-refractivity contribution is 6.04. The lowest BCUT2D eigenvalue weighted by Gasteiger charge is -2.11. The summed E-state index contributed by atoms with van der Waals surface area (Å²) in [6, 6.07) is 17.7. The second-order valence-corrected chi connectivity index (χ2v) is 5.84. The van der Waals surface area contributed by atoms with E-state index in [4.69, 9.17) is 4.74 Å². The third-order valence-corrected chi connectivity index (χ3v) is 3.93. The molecule has 27 heavy (non-hydrogen) atoms. The molecule has 0 aliphatic heterocycles. The van der Waals surface area contributed by atoms with Gasteiger partial charge in [0.05, 0.1) is 12.8 Å². The quantitative estimate of drug-likeness (QED) is 0.640. The number of ether oxygens (including phenoxy) is 1. The zero-order chi connectivity index (χ0) is 19.2. The number of nitrogens with zero attached hydrogens (tertiary/aromatic N) is 1. The van der Waals surface area contributed by atoms with Crippen molar-refractivity contribution in [1.82, 2.24) is 4.98 Å². The number of rotatable bonds is 6. The Balaban J connectivity index is 1.74. The maximum atomic E-state index is 12.5. The summed E-state index contributed by atoms with van der Waals surface area (Å²) in [6.45, 7) is 1.53. The Labute approximate surface area is 157 Å². The van der Waals surface area contributed by atoms with Gasteiger partial charge in [-0.05, 0) is 55.5 Å². The van der Waals surface area contributed by atoms with Gasteiger partial charge in [-0.15, -0.1) is 0 Å². The number of anilines is 3. The van der Waals surface area contributed by atoms with Crippen molar-refractivity contribution in [3.63, 3.8) is 0 Å². The van der Waals surface area contributed by atoms with Gasteiger partial charge < -0.3 is 15.4 Å². The van der Waals surface area contributed by atoms with Gasteiger partial charge >= 0.3 is 0 Å². The van der Waals surface area contributed by atoms with Crippen LogP contribution in [0.25, 0.3) is 0 Å². The molecule has 0 radical (unpaired) electrons. The molecule has 3 rings (SSSR count). The summed E-state index contributed by atoms with van der Waals surface area (Å²) in [7, 11) is 1.55. The number of carbonyl (C=O) groups excluding carboxylic acids is 2. The van der Waals surface area contributed by atoms with E-state index in [1.54, 1.807) is 49.7 Å². The molecule has 0 saturated carbocycles. The van der Waals surface area contributed by atoms with Crippen LogP contribution in [0.5, 0.6) is 5.75 Å². The highest BCUT2D eigenvalue weighted by atomic mass is 16.5. The van der Waals surface area contributed by atoms with E-state index >= 15 is 0 Å². The third kappa shape index (κ3) is 4.49. The second-order valence-electron chi connectivity index (χ2n) is 5.84. The number of hydrogen-bond acceptors (Lipinski definition) is 5. The zero-order valence-corrected chi connectivity index (χ0v) is 15.0. The average molecular weight is 361 g/mol. The lowest BCUT2D eigenvalue weighted by molar-refractivity contribution is 0.101. The van der Waals surface area contributed by atoms with Crippen LogP contribution in [0.15, 0.2) is 66.9 Å². The number of nitrogens with one attached hydrogen (secondary N) is 2. The van der Waals surface area contributed by atoms with E-state index in [-0.39, 0.29) is 17.4 Å². The Morgan fingerprint density at radius 3 is 2.41 bits per heavy atom. The Morgan fingerprint density at radius 1 is 0.963 bits per heavy atom. The normalized spacial score (nSPS) is 10.1. The number of benzene rings is 2. The maximum absolute atomic E-state index is 12.5. The first-order chi connectivity index (χ1) is 13.1. The summed E-state index contributed by atoms with van der Waals surface area (Å²) >= 11 is 0. The summed E-state index contributed by atoms with van der Waals surface area (Å²) in [6.07, 6.45) is 1.56. The molecule has 0 spiro atoms. The summed E-state index contributed by atoms with van der Waals surface area (Å²) in [5, 5.41) is 5.99. The van der Waals surface area contributed by atoms with E-state index in [0.29, 0.717) is 22.7 Å². The second kappa shape index (κ2) is 8.14. The summed E-state index contributed by atoms with van der Waals surface area (Å²) in [5.41, 5.74) is 3.01. The van der Waals surface area contributed by atoms with Crippen molar-refractivity contribution < 1.29 is 14.3 Å². The monoisotopic (exact) mass is 361 g/mol. The number of methoxy groups -OCH3 is 1. The van der Waals surface area contributed by atoms with Gasteiger partial charge in [0.15, 0.2) is 5.78 Å². The fraction of sp³-hybridized carbons (Fsp3) is 0.0952. The van der Waals surface area contributed by atoms with Crippen LogP contribution in [-0.2, 0) is 0 Å². The molecule has 0 atom stereocenters.